The van der Waals surface area contributed by atoms with E-state index in [0.717, 1.165) is 19.3 Å². The first-order valence-electron chi connectivity index (χ1n) is 4.64. The molecule has 0 fully saturated rings. The van der Waals surface area contributed by atoms with Crippen molar-refractivity contribution in [3.05, 3.63) is 0 Å². The third kappa shape index (κ3) is 9.30. The van der Waals surface area contributed by atoms with Crippen LogP contribution in [0.2, 0.25) is 0 Å². The number of carbonyl (C=O) groups is 1. The minimum atomic E-state index is -0.872. The van der Waals surface area contributed by atoms with Gasteiger partial charge in [-0.05, 0) is 6.42 Å². The van der Waals surface area contributed by atoms with Gasteiger partial charge in [-0.25, -0.2) is 0 Å². The van der Waals surface area contributed by atoms with E-state index in [1.165, 1.54) is 0 Å². The van der Waals surface area contributed by atoms with Crippen molar-refractivity contribution in [2.45, 2.75) is 38.7 Å². The molecule has 78 valence electrons. The molecule has 0 rings (SSSR count). The highest BCUT2D eigenvalue weighted by molar-refractivity contribution is 5.66. The summed E-state index contributed by atoms with van der Waals surface area (Å²) >= 11 is 0. The molecule has 0 spiro atoms. The van der Waals surface area contributed by atoms with Gasteiger partial charge in [0.25, 0.3) is 0 Å². The molecule has 0 aromatic carbocycles. The third-order valence-corrected chi connectivity index (χ3v) is 1.66. The molecule has 0 aliphatic rings. The summed E-state index contributed by atoms with van der Waals surface area (Å²) in [6, 6.07) is 0. The minimum Gasteiger partial charge on any atom is -0.481 e. The number of hydrogen-bond donors (Lipinski definition) is 2. The van der Waals surface area contributed by atoms with Crippen LogP contribution in [0, 0.1) is 0 Å². The SMILES string of the molecule is CCCCC(O)COCCC(=O)O. The number of hydrogen-bond acceptors (Lipinski definition) is 3. The summed E-state index contributed by atoms with van der Waals surface area (Å²) in [6.07, 6.45) is 2.30. The Balaban J connectivity index is 3.16. The van der Waals surface area contributed by atoms with Gasteiger partial charge in [0.1, 0.15) is 0 Å². The fraction of sp³-hybridized carbons (Fsp3) is 0.889. The van der Waals surface area contributed by atoms with Crippen molar-refractivity contribution in [1.29, 1.82) is 0 Å². The second-order valence-electron chi connectivity index (χ2n) is 3.01. The van der Waals surface area contributed by atoms with E-state index in [1.54, 1.807) is 0 Å². The standard InChI is InChI=1S/C9H18O4/c1-2-3-4-8(10)7-13-6-5-9(11)12/h8,10H,2-7H2,1H3,(H,11,12). The maximum absolute atomic E-state index is 10.1. The van der Waals surface area contributed by atoms with Crippen LogP contribution < -0.4 is 0 Å². The average molecular weight is 190 g/mol. The zero-order chi connectivity index (χ0) is 10.1. The van der Waals surface area contributed by atoms with Crippen LogP contribution in [0.25, 0.3) is 0 Å². The lowest BCUT2D eigenvalue weighted by Gasteiger charge is -2.09. The predicted molar refractivity (Wildman–Crippen MR) is 48.6 cm³/mol. The van der Waals surface area contributed by atoms with Gasteiger partial charge >= 0.3 is 5.97 Å². The van der Waals surface area contributed by atoms with Crippen LogP contribution in [-0.2, 0) is 9.53 Å². The van der Waals surface area contributed by atoms with Gasteiger partial charge in [0.05, 0.1) is 25.7 Å². The summed E-state index contributed by atoms with van der Waals surface area (Å²) in [5.74, 6) is -0.872. The van der Waals surface area contributed by atoms with Crippen molar-refractivity contribution in [2.24, 2.45) is 0 Å². The van der Waals surface area contributed by atoms with E-state index < -0.39 is 12.1 Å². The molecule has 0 aliphatic heterocycles. The second-order valence-corrected chi connectivity index (χ2v) is 3.01. The van der Waals surface area contributed by atoms with Crippen molar-refractivity contribution in [2.75, 3.05) is 13.2 Å². The molecule has 0 bridgehead atoms. The zero-order valence-electron chi connectivity index (χ0n) is 8.03. The number of rotatable bonds is 8. The number of ether oxygens (including phenoxy) is 1. The highest BCUT2D eigenvalue weighted by Gasteiger charge is 2.03. The number of aliphatic hydroxyl groups excluding tert-OH is 1. The number of aliphatic hydroxyl groups is 1. The molecule has 0 heterocycles. The van der Waals surface area contributed by atoms with Crippen molar-refractivity contribution in [3.63, 3.8) is 0 Å². The number of unbranched alkanes of at least 4 members (excludes halogenated alkanes) is 1. The maximum atomic E-state index is 10.1. The molecule has 13 heavy (non-hydrogen) atoms. The molecular weight excluding hydrogens is 172 g/mol. The second kappa shape index (κ2) is 8.01. The van der Waals surface area contributed by atoms with E-state index in [0.29, 0.717) is 0 Å². The van der Waals surface area contributed by atoms with Gasteiger partial charge < -0.3 is 14.9 Å². The summed E-state index contributed by atoms with van der Waals surface area (Å²) in [7, 11) is 0. The Morgan fingerprint density at radius 3 is 2.77 bits per heavy atom. The van der Waals surface area contributed by atoms with Crippen molar-refractivity contribution in [1.82, 2.24) is 0 Å². The van der Waals surface area contributed by atoms with E-state index in [1.807, 2.05) is 0 Å². The van der Waals surface area contributed by atoms with Crippen molar-refractivity contribution in [3.8, 4) is 0 Å². The molecule has 1 unspecified atom stereocenters. The highest BCUT2D eigenvalue weighted by Crippen LogP contribution is 2.00. The molecule has 0 saturated heterocycles. The Morgan fingerprint density at radius 1 is 1.54 bits per heavy atom. The lowest BCUT2D eigenvalue weighted by molar-refractivity contribution is -0.138. The quantitative estimate of drug-likeness (QED) is 0.561. The molecule has 0 saturated carbocycles. The van der Waals surface area contributed by atoms with E-state index >= 15 is 0 Å². The van der Waals surface area contributed by atoms with Gasteiger partial charge in [-0.15, -0.1) is 0 Å². The minimum absolute atomic E-state index is 0.000494. The molecule has 2 N–H and O–H groups in total. The van der Waals surface area contributed by atoms with Crippen LogP contribution >= 0.6 is 0 Å². The van der Waals surface area contributed by atoms with Gasteiger partial charge in [0, 0.05) is 0 Å². The molecule has 4 heteroatoms. The van der Waals surface area contributed by atoms with E-state index in [-0.39, 0.29) is 19.6 Å². The van der Waals surface area contributed by atoms with E-state index in [2.05, 4.69) is 6.92 Å². The Kier molecular flexibility index (Phi) is 7.63. The molecule has 0 aromatic rings. The summed E-state index contributed by atoms with van der Waals surface area (Å²) in [4.78, 5) is 10.1. The topological polar surface area (TPSA) is 66.8 Å². The molecular formula is C9H18O4. The maximum Gasteiger partial charge on any atom is 0.305 e. The molecule has 0 amide bonds. The van der Waals surface area contributed by atoms with Gasteiger partial charge in [-0.3, -0.25) is 4.79 Å². The fourth-order valence-corrected chi connectivity index (χ4v) is 0.902. The van der Waals surface area contributed by atoms with Crippen LogP contribution in [0.15, 0.2) is 0 Å². The van der Waals surface area contributed by atoms with Crippen molar-refractivity contribution >= 4 is 5.97 Å². The first kappa shape index (κ1) is 12.4. The highest BCUT2D eigenvalue weighted by atomic mass is 16.5. The first-order valence-corrected chi connectivity index (χ1v) is 4.64. The fourth-order valence-electron chi connectivity index (χ4n) is 0.902. The Labute approximate surface area is 78.5 Å². The molecule has 1 atom stereocenters. The predicted octanol–water partition coefficient (Wildman–Crippen LogP) is 1.03. The largest absolute Gasteiger partial charge is 0.481 e. The van der Waals surface area contributed by atoms with E-state index in [9.17, 15) is 9.90 Å². The molecule has 0 radical (unpaired) electrons. The lowest BCUT2D eigenvalue weighted by Crippen LogP contribution is -2.16. The number of aliphatic carboxylic acids is 1. The van der Waals surface area contributed by atoms with Crippen LogP contribution in [-0.4, -0.2) is 35.5 Å². The third-order valence-electron chi connectivity index (χ3n) is 1.66. The average Bonchev–Trinajstić information content (AvgIpc) is 2.08. The smallest absolute Gasteiger partial charge is 0.305 e. The van der Waals surface area contributed by atoms with E-state index in [4.69, 9.17) is 9.84 Å². The lowest BCUT2D eigenvalue weighted by atomic mass is 10.2. The molecule has 4 nitrogen and oxygen atoms in total. The summed E-state index contributed by atoms with van der Waals surface area (Å²) in [5.41, 5.74) is 0. The van der Waals surface area contributed by atoms with Crippen LogP contribution in [0.3, 0.4) is 0 Å². The summed E-state index contributed by atoms with van der Waals surface area (Å²) < 4.78 is 4.97. The molecule has 0 aliphatic carbocycles. The van der Waals surface area contributed by atoms with Crippen molar-refractivity contribution < 1.29 is 19.7 Å². The van der Waals surface area contributed by atoms with Crippen LogP contribution in [0.5, 0.6) is 0 Å². The van der Waals surface area contributed by atoms with Gasteiger partial charge in [-0.1, -0.05) is 19.8 Å². The summed E-state index contributed by atoms with van der Waals surface area (Å²) in [5, 5.41) is 17.6. The Hall–Kier alpha value is -0.610. The molecule has 0 aromatic heterocycles. The Morgan fingerprint density at radius 2 is 2.23 bits per heavy atom. The number of carboxylic acids is 1. The van der Waals surface area contributed by atoms with Crippen LogP contribution in [0.4, 0.5) is 0 Å². The first-order chi connectivity index (χ1) is 6.16. The monoisotopic (exact) mass is 190 g/mol. The number of carboxylic acid groups (broad SMARTS) is 1. The van der Waals surface area contributed by atoms with Gasteiger partial charge in [-0.2, -0.15) is 0 Å². The van der Waals surface area contributed by atoms with Gasteiger partial charge in [0.15, 0.2) is 0 Å². The summed E-state index contributed by atoms with van der Waals surface area (Å²) in [6.45, 7) is 2.48. The normalized spacial score (nSPS) is 12.8. The zero-order valence-corrected chi connectivity index (χ0v) is 8.03. The van der Waals surface area contributed by atoms with Gasteiger partial charge in [0.2, 0.25) is 0 Å². The Bertz CT molecular complexity index is 136. The van der Waals surface area contributed by atoms with Crippen LogP contribution in [0.1, 0.15) is 32.6 Å².